The lowest BCUT2D eigenvalue weighted by Gasteiger charge is -2.32. The molecule has 1 atom stereocenters. The summed E-state index contributed by atoms with van der Waals surface area (Å²) in [5.74, 6) is -0.189. The quantitative estimate of drug-likeness (QED) is 0.773. The number of aryl methyl sites for hydroxylation is 1. The van der Waals surface area contributed by atoms with Crippen LogP contribution in [0.25, 0.3) is 0 Å². The molecule has 2 amide bonds. The first-order chi connectivity index (χ1) is 9.59. The smallest absolute Gasteiger partial charge is 0.328 e. The maximum absolute atomic E-state index is 12.0. The van der Waals surface area contributed by atoms with E-state index in [0.29, 0.717) is 19.6 Å². The van der Waals surface area contributed by atoms with Gasteiger partial charge in [-0.05, 0) is 0 Å². The van der Waals surface area contributed by atoms with Crippen LogP contribution in [0, 0.1) is 0 Å². The van der Waals surface area contributed by atoms with Crippen LogP contribution in [0.4, 0.5) is 4.79 Å². The topological polar surface area (TPSA) is 96.7 Å². The number of hydrogen-bond donors (Lipinski definition) is 2. The second-order valence-electron chi connectivity index (χ2n) is 4.56. The summed E-state index contributed by atoms with van der Waals surface area (Å²) in [5, 5.41) is 11.8. The second kappa shape index (κ2) is 6.38. The summed E-state index contributed by atoms with van der Waals surface area (Å²) in [6.45, 7) is 1.08. The van der Waals surface area contributed by atoms with Gasteiger partial charge < -0.3 is 24.6 Å². The van der Waals surface area contributed by atoms with Crippen LogP contribution in [0.3, 0.4) is 0 Å². The number of rotatable bonds is 4. The monoisotopic (exact) mass is 282 g/mol. The predicted molar refractivity (Wildman–Crippen MR) is 69.3 cm³/mol. The molecule has 0 bridgehead atoms. The van der Waals surface area contributed by atoms with Crippen molar-refractivity contribution in [1.82, 2.24) is 19.8 Å². The number of carboxylic acid groups (broad SMARTS) is 1. The third kappa shape index (κ3) is 3.27. The highest BCUT2D eigenvalue weighted by molar-refractivity contribution is 5.83. The van der Waals surface area contributed by atoms with Gasteiger partial charge in [0.15, 0.2) is 6.04 Å². The first-order valence-electron chi connectivity index (χ1n) is 6.41. The van der Waals surface area contributed by atoms with Crippen LogP contribution >= 0.6 is 0 Å². The summed E-state index contributed by atoms with van der Waals surface area (Å²) < 4.78 is 6.96. The molecule has 1 unspecified atom stereocenters. The summed E-state index contributed by atoms with van der Waals surface area (Å²) in [5.41, 5.74) is 0. The van der Waals surface area contributed by atoms with E-state index in [1.807, 2.05) is 17.8 Å². The number of nitrogens with one attached hydrogen (secondary N) is 1. The van der Waals surface area contributed by atoms with Gasteiger partial charge in [-0.1, -0.05) is 0 Å². The van der Waals surface area contributed by atoms with Crippen LogP contribution < -0.4 is 5.32 Å². The van der Waals surface area contributed by atoms with Gasteiger partial charge in [-0.2, -0.15) is 0 Å². The largest absolute Gasteiger partial charge is 0.480 e. The van der Waals surface area contributed by atoms with Crippen LogP contribution in [0.15, 0.2) is 12.4 Å². The van der Waals surface area contributed by atoms with Crippen molar-refractivity contribution in [3.05, 3.63) is 18.2 Å². The van der Waals surface area contributed by atoms with E-state index in [-0.39, 0.29) is 19.2 Å². The van der Waals surface area contributed by atoms with Crippen molar-refractivity contribution in [1.29, 1.82) is 0 Å². The summed E-state index contributed by atoms with van der Waals surface area (Å²) in [4.78, 5) is 28.5. The van der Waals surface area contributed by atoms with Crippen molar-refractivity contribution in [2.45, 2.75) is 12.5 Å². The predicted octanol–water partition coefficient (Wildman–Crippen LogP) is -0.542. The van der Waals surface area contributed by atoms with E-state index in [4.69, 9.17) is 9.84 Å². The zero-order valence-corrected chi connectivity index (χ0v) is 11.3. The Labute approximate surface area is 116 Å². The SMILES string of the molecule is Cn1ccnc1CCNC(=O)N1CCOCC1C(=O)O. The number of aromatic nitrogens is 2. The summed E-state index contributed by atoms with van der Waals surface area (Å²) in [7, 11) is 1.88. The molecular weight excluding hydrogens is 264 g/mol. The number of amides is 2. The molecule has 8 nitrogen and oxygen atoms in total. The normalized spacial score (nSPS) is 18.9. The van der Waals surface area contributed by atoms with Crippen LogP contribution in [-0.4, -0.2) is 63.9 Å². The molecule has 1 aliphatic heterocycles. The van der Waals surface area contributed by atoms with E-state index < -0.39 is 12.0 Å². The number of nitrogens with zero attached hydrogens (tertiary/aromatic N) is 3. The van der Waals surface area contributed by atoms with Crippen LogP contribution in [0.1, 0.15) is 5.82 Å². The highest BCUT2D eigenvalue weighted by Crippen LogP contribution is 2.07. The van der Waals surface area contributed by atoms with Crippen molar-refractivity contribution < 1.29 is 19.4 Å². The highest BCUT2D eigenvalue weighted by Gasteiger charge is 2.32. The van der Waals surface area contributed by atoms with Crippen LogP contribution in [0.5, 0.6) is 0 Å². The Morgan fingerprint density at radius 2 is 2.40 bits per heavy atom. The maximum Gasteiger partial charge on any atom is 0.328 e. The molecule has 1 aliphatic rings. The minimum Gasteiger partial charge on any atom is -0.480 e. The number of imidazole rings is 1. The summed E-state index contributed by atoms with van der Waals surface area (Å²) in [6, 6.07) is -1.30. The fraction of sp³-hybridized carbons (Fsp3) is 0.583. The number of carbonyl (C=O) groups is 2. The lowest BCUT2D eigenvalue weighted by Crippen LogP contribution is -2.55. The van der Waals surface area contributed by atoms with Crippen molar-refractivity contribution in [2.75, 3.05) is 26.3 Å². The van der Waals surface area contributed by atoms with Gasteiger partial charge in [0.25, 0.3) is 0 Å². The fourth-order valence-corrected chi connectivity index (χ4v) is 2.07. The van der Waals surface area contributed by atoms with Gasteiger partial charge in [-0.15, -0.1) is 0 Å². The molecule has 1 aromatic heterocycles. The highest BCUT2D eigenvalue weighted by atomic mass is 16.5. The van der Waals surface area contributed by atoms with E-state index in [0.717, 1.165) is 5.82 Å². The summed E-state index contributed by atoms with van der Waals surface area (Å²) in [6.07, 6.45) is 4.12. The molecular formula is C12H18N4O4. The van der Waals surface area contributed by atoms with Crippen LogP contribution in [-0.2, 0) is 23.0 Å². The third-order valence-electron chi connectivity index (χ3n) is 3.22. The average Bonchev–Trinajstić information content (AvgIpc) is 2.84. The van der Waals surface area contributed by atoms with E-state index >= 15 is 0 Å². The van der Waals surface area contributed by atoms with Crippen molar-refractivity contribution >= 4 is 12.0 Å². The zero-order valence-electron chi connectivity index (χ0n) is 11.3. The number of aliphatic carboxylic acids is 1. The van der Waals surface area contributed by atoms with Gasteiger partial charge in [-0.25, -0.2) is 14.6 Å². The second-order valence-corrected chi connectivity index (χ2v) is 4.56. The minimum absolute atomic E-state index is 0.0299. The minimum atomic E-state index is -1.05. The number of morpholine rings is 1. The number of carboxylic acids is 1. The molecule has 2 heterocycles. The van der Waals surface area contributed by atoms with Gasteiger partial charge >= 0.3 is 12.0 Å². The Hall–Kier alpha value is -2.09. The molecule has 0 aromatic carbocycles. The third-order valence-corrected chi connectivity index (χ3v) is 3.22. The van der Waals surface area contributed by atoms with Crippen molar-refractivity contribution in [2.24, 2.45) is 7.05 Å². The van der Waals surface area contributed by atoms with Gasteiger partial charge in [0.1, 0.15) is 5.82 Å². The molecule has 2 N–H and O–H groups in total. The number of carbonyl (C=O) groups excluding carboxylic acids is 1. The molecule has 1 aromatic rings. The average molecular weight is 282 g/mol. The Bertz CT molecular complexity index is 488. The fourth-order valence-electron chi connectivity index (χ4n) is 2.07. The molecule has 1 saturated heterocycles. The van der Waals surface area contributed by atoms with Crippen molar-refractivity contribution in [3.63, 3.8) is 0 Å². The van der Waals surface area contributed by atoms with Crippen LogP contribution in [0.2, 0.25) is 0 Å². The standard InChI is InChI=1S/C12H18N4O4/c1-15-5-4-13-10(15)2-3-14-12(19)16-6-7-20-8-9(16)11(17)18/h4-5,9H,2-3,6-8H2,1H3,(H,14,19)(H,17,18). The molecule has 20 heavy (non-hydrogen) atoms. The van der Waals surface area contributed by atoms with Gasteiger partial charge in [0, 0.05) is 39.0 Å². The lowest BCUT2D eigenvalue weighted by molar-refractivity contribution is -0.147. The summed E-state index contributed by atoms with van der Waals surface area (Å²) >= 11 is 0. The Morgan fingerprint density at radius 1 is 1.60 bits per heavy atom. The Balaban J connectivity index is 1.84. The van der Waals surface area contributed by atoms with E-state index in [2.05, 4.69) is 10.3 Å². The lowest BCUT2D eigenvalue weighted by atomic mass is 10.2. The first-order valence-corrected chi connectivity index (χ1v) is 6.41. The molecule has 0 saturated carbocycles. The van der Waals surface area contributed by atoms with Gasteiger partial charge in [0.05, 0.1) is 13.2 Å². The Kier molecular flexibility index (Phi) is 4.57. The maximum atomic E-state index is 12.0. The van der Waals surface area contributed by atoms with E-state index in [9.17, 15) is 9.59 Å². The molecule has 0 radical (unpaired) electrons. The molecule has 0 aliphatic carbocycles. The van der Waals surface area contributed by atoms with Gasteiger partial charge in [0.2, 0.25) is 0 Å². The Morgan fingerprint density at radius 3 is 3.05 bits per heavy atom. The van der Waals surface area contributed by atoms with E-state index in [1.165, 1.54) is 4.90 Å². The first kappa shape index (κ1) is 14.3. The molecule has 0 spiro atoms. The molecule has 8 heteroatoms. The zero-order chi connectivity index (χ0) is 14.5. The number of urea groups is 1. The molecule has 2 rings (SSSR count). The number of hydrogen-bond acceptors (Lipinski definition) is 4. The molecule has 110 valence electrons. The van der Waals surface area contributed by atoms with E-state index in [1.54, 1.807) is 6.20 Å². The molecule has 1 fully saturated rings. The van der Waals surface area contributed by atoms with Gasteiger partial charge in [-0.3, -0.25) is 0 Å². The number of ether oxygens (including phenoxy) is 1. The van der Waals surface area contributed by atoms with Crippen molar-refractivity contribution in [3.8, 4) is 0 Å².